The number of rotatable bonds is 8. The van der Waals surface area contributed by atoms with Crippen molar-refractivity contribution in [2.75, 3.05) is 17.8 Å². The Morgan fingerprint density at radius 1 is 1.15 bits per heavy atom. The van der Waals surface area contributed by atoms with Crippen molar-refractivity contribution >= 4 is 21.9 Å². The lowest BCUT2D eigenvalue weighted by Gasteiger charge is -2.16. The van der Waals surface area contributed by atoms with Gasteiger partial charge in [-0.15, -0.1) is 4.79 Å². The van der Waals surface area contributed by atoms with Crippen LogP contribution >= 0.6 is 15.9 Å². The molecule has 3 aromatic rings. The zero-order valence-corrected chi connectivity index (χ0v) is 15.8. The molecule has 2 aromatic carbocycles. The second kappa shape index (κ2) is 8.52. The van der Waals surface area contributed by atoms with Crippen LogP contribution in [0.25, 0.3) is 0 Å². The Labute approximate surface area is 159 Å². The van der Waals surface area contributed by atoms with Gasteiger partial charge in [0.05, 0.1) is 17.6 Å². The summed E-state index contributed by atoms with van der Waals surface area (Å²) in [5.74, 6) is 1.53. The lowest BCUT2D eigenvalue weighted by Crippen LogP contribution is -2.18. The molecule has 0 saturated heterocycles. The normalized spacial score (nSPS) is 10.5. The first-order valence-corrected chi connectivity index (χ1v) is 8.86. The fourth-order valence-electron chi connectivity index (χ4n) is 2.33. The third-order valence-corrected chi connectivity index (χ3v) is 4.11. The highest BCUT2D eigenvalue weighted by Gasteiger charge is 2.13. The molecule has 3 rings (SSSR count). The van der Waals surface area contributed by atoms with Gasteiger partial charge < -0.3 is 20.6 Å². The van der Waals surface area contributed by atoms with Gasteiger partial charge in [-0.05, 0) is 56.5 Å². The maximum atomic E-state index is 5.98. The quantitative estimate of drug-likeness (QED) is 0.579. The third-order valence-electron chi connectivity index (χ3n) is 3.52. The second-order valence-corrected chi connectivity index (χ2v) is 6.25. The predicted octanol–water partition coefficient (Wildman–Crippen LogP) is 2.74. The lowest BCUT2D eigenvalue weighted by atomic mass is 10.2. The average molecular weight is 419 g/mol. The van der Waals surface area contributed by atoms with Gasteiger partial charge in [0.25, 0.3) is 5.95 Å². The molecule has 0 aliphatic rings. The van der Waals surface area contributed by atoms with Crippen LogP contribution in [0.2, 0.25) is 0 Å². The van der Waals surface area contributed by atoms with Gasteiger partial charge >= 0.3 is 0 Å². The smallest absolute Gasteiger partial charge is 0.260 e. The Balaban J connectivity index is 1.75. The molecule has 0 saturated carbocycles. The molecule has 26 heavy (non-hydrogen) atoms. The monoisotopic (exact) mass is 418 g/mol. The molecule has 9 heteroatoms. The first kappa shape index (κ1) is 18.0. The summed E-state index contributed by atoms with van der Waals surface area (Å²) in [7, 11) is 0. The van der Waals surface area contributed by atoms with Crippen LogP contribution in [-0.4, -0.2) is 26.9 Å². The van der Waals surface area contributed by atoms with E-state index < -0.39 is 0 Å². The fraction of sp³-hybridized carbons (Fsp3) is 0.235. The molecule has 0 spiro atoms. The highest BCUT2D eigenvalue weighted by molar-refractivity contribution is 9.10. The van der Waals surface area contributed by atoms with E-state index in [2.05, 4.69) is 36.9 Å². The van der Waals surface area contributed by atoms with Crippen molar-refractivity contribution in [2.45, 2.75) is 20.1 Å². The van der Waals surface area contributed by atoms with Crippen LogP contribution in [0.1, 0.15) is 18.1 Å². The number of hydrogen-bond donors (Lipinski definition) is 2. The highest BCUT2D eigenvalue weighted by Crippen LogP contribution is 2.37. The number of nitrogens with zero attached hydrogens (tertiary/aromatic N) is 4. The van der Waals surface area contributed by atoms with Crippen LogP contribution < -0.4 is 20.6 Å². The minimum absolute atomic E-state index is 0.192. The maximum absolute atomic E-state index is 5.98. The molecule has 1 heterocycles. The van der Waals surface area contributed by atoms with Crippen molar-refractivity contribution in [2.24, 2.45) is 0 Å². The van der Waals surface area contributed by atoms with E-state index in [1.807, 2.05) is 49.4 Å². The van der Waals surface area contributed by atoms with Gasteiger partial charge in [0.2, 0.25) is 0 Å². The Bertz CT molecular complexity index is 856. The Morgan fingerprint density at radius 3 is 2.65 bits per heavy atom. The molecule has 0 unspecified atom stereocenters. The van der Waals surface area contributed by atoms with Crippen LogP contribution in [0.5, 0.6) is 11.5 Å². The van der Waals surface area contributed by atoms with Crippen LogP contribution in [-0.2, 0) is 13.2 Å². The molecule has 0 radical (unpaired) electrons. The Hall–Kier alpha value is -2.81. The Kier molecular flexibility index (Phi) is 5.90. The number of ether oxygens (including phenoxy) is 2. The molecule has 0 fully saturated rings. The van der Waals surface area contributed by atoms with E-state index in [9.17, 15) is 0 Å². The van der Waals surface area contributed by atoms with Crippen molar-refractivity contribution in [1.29, 1.82) is 0 Å². The predicted molar refractivity (Wildman–Crippen MR) is 101 cm³/mol. The summed E-state index contributed by atoms with van der Waals surface area (Å²) in [6.45, 7) is 3.39. The number of benzene rings is 2. The van der Waals surface area contributed by atoms with Gasteiger partial charge in [0.1, 0.15) is 6.61 Å². The largest absolute Gasteiger partial charge is 0.490 e. The summed E-state index contributed by atoms with van der Waals surface area (Å²) in [6, 6.07) is 13.8. The topological polar surface area (TPSA) is 100 Å². The third kappa shape index (κ3) is 4.42. The van der Waals surface area contributed by atoms with E-state index in [0.717, 1.165) is 15.6 Å². The van der Waals surface area contributed by atoms with Gasteiger partial charge in [0, 0.05) is 0 Å². The zero-order valence-electron chi connectivity index (χ0n) is 14.2. The zero-order chi connectivity index (χ0) is 18.4. The maximum Gasteiger partial charge on any atom is 0.260 e. The number of halogens is 1. The molecule has 1 aromatic heterocycles. The lowest BCUT2D eigenvalue weighted by molar-refractivity contribution is 0.267. The summed E-state index contributed by atoms with van der Waals surface area (Å²) >= 11 is 3.57. The number of nitrogens with two attached hydrogens (primary N) is 1. The number of nitrogens with one attached hydrogen (secondary N) is 1. The summed E-state index contributed by atoms with van der Waals surface area (Å²) in [5, 5.41) is 10.9. The average Bonchev–Trinajstić information content (AvgIpc) is 3.05. The van der Waals surface area contributed by atoms with Crippen LogP contribution in [0, 0.1) is 0 Å². The number of hydrogen-bond acceptors (Lipinski definition) is 7. The van der Waals surface area contributed by atoms with E-state index >= 15 is 0 Å². The number of tetrazole rings is 1. The van der Waals surface area contributed by atoms with Crippen molar-refractivity contribution in [1.82, 2.24) is 20.3 Å². The number of nitrogen functional groups attached to an aromatic ring is 1. The molecular formula is C17H19BrN6O2. The summed E-state index contributed by atoms with van der Waals surface area (Å²) in [5.41, 5.74) is 10.7. The molecular weight excluding hydrogens is 400 g/mol. The van der Waals surface area contributed by atoms with E-state index in [1.54, 1.807) is 0 Å². The molecule has 0 aliphatic heterocycles. The molecule has 0 atom stereocenters. The van der Waals surface area contributed by atoms with E-state index in [-0.39, 0.29) is 5.95 Å². The second-order valence-electron chi connectivity index (χ2n) is 5.40. The molecule has 8 nitrogen and oxygen atoms in total. The summed E-state index contributed by atoms with van der Waals surface area (Å²) < 4.78 is 12.5. The van der Waals surface area contributed by atoms with Gasteiger partial charge in [-0.1, -0.05) is 35.4 Å². The van der Waals surface area contributed by atoms with Crippen molar-refractivity contribution in [3.05, 3.63) is 58.1 Å². The summed E-state index contributed by atoms with van der Waals surface area (Å²) in [6.07, 6.45) is 0. The first-order chi connectivity index (χ1) is 12.7. The van der Waals surface area contributed by atoms with Gasteiger partial charge in [0.15, 0.2) is 11.5 Å². The fourth-order valence-corrected chi connectivity index (χ4v) is 2.93. The standard InChI is InChI=1S/C17H19BrN6O2/c1-2-25-15-9-13(10-20-24-17(19)21-22-23-24)8-14(18)16(15)26-11-12-6-4-3-5-7-12/h3-9,20H,2,10-11H2,1H3,(H2,19,21,23). The molecule has 0 bridgehead atoms. The minimum atomic E-state index is 0.192. The van der Waals surface area contributed by atoms with Gasteiger partial charge in [-0.25, -0.2) is 0 Å². The molecule has 0 aliphatic carbocycles. The van der Waals surface area contributed by atoms with E-state index in [4.69, 9.17) is 15.2 Å². The summed E-state index contributed by atoms with van der Waals surface area (Å²) in [4.78, 5) is 1.31. The number of anilines is 1. The molecule has 136 valence electrons. The van der Waals surface area contributed by atoms with Gasteiger partial charge in [-0.3, -0.25) is 0 Å². The van der Waals surface area contributed by atoms with Crippen LogP contribution in [0.3, 0.4) is 0 Å². The van der Waals surface area contributed by atoms with Crippen molar-refractivity contribution < 1.29 is 9.47 Å². The molecule has 0 amide bonds. The van der Waals surface area contributed by atoms with Crippen molar-refractivity contribution in [3.63, 3.8) is 0 Å². The van der Waals surface area contributed by atoms with Crippen LogP contribution in [0.15, 0.2) is 46.9 Å². The van der Waals surface area contributed by atoms with Gasteiger partial charge in [-0.2, -0.15) is 0 Å². The molecule has 3 N–H and O–H groups in total. The van der Waals surface area contributed by atoms with E-state index in [1.165, 1.54) is 4.79 Å². The Morgan fingerprint density at radius 2 is 1.96 bits per heavy atom. The van der Waals surface area contributed by atoms with Crippen molar-refractivity contribution in [3.8, 4) is 11.5 Å². The first-order valence-electron chi connectivity index (χ1n) is 8.07. The SMILES string of the molecule is CCOc1cc(CNn2nnnc2N)cc(Br)c1OCc1ccccc1. The van der Waals surface area contributed by atoms with Crippen LogP contribution in [0.4, 0.5) is 5.95 Å². The minimum Gasteiger partial charge on any atom is -0.490 e. The van der Waals surface area contributed by atoms with E-state index in [0.29, 0.717) is 31.3 Å². The number of aromatic nitrogens is 4. The highest BCUT2D eigenvalue weighted by atomic mass is 79.9.